The van der Waals surface area contributed by atoms with Crippen LogP contribution in [0.1, 0.15) is 23.2 Å². The number of ether oxygens (including phenoxy) is 1. The second kappa shape index (κ2) is 6.21. The van der Waals surface area contributed by atoms with Crippen LogP contribution in [0.3, 0.4) is 0 Å². The largest absolute Gasteiger partial charge is 0.380 e. The first-order valence-corrected chi connectivity index (χ1v) is 6.69. The zero-order valence-corrected chi connectivity index (χ0v) is 11.9. The fraction of sp³-hybridized carbons (Fsp3) is 0.538. The summed E-state index contributed by atoms with van der Waals surface area (Å²) in [5, 5.41) is 3.32. The molecule has 1 amide bonds. The van der Waals surface area contributed by atoms with E-state index in [0.29, 0.717) is 22.9 Å². The maximum Gasteiger partial charge on any atom is 0.255 e. The number of piperidine rings is 1. The molecular weight excluding hydrogens is 266 g/mol. The highest BCUT2D eigenvalue weighted by atomic mass is 35.5. The molecule has 104 valence electrons. The Labute approximate surface area is 117 Å². The van der Waals surface area contributed by atoms with E-state index in [1.807, 2.05) is 0 Å². The number of halogens is 1. The quantitative estimate of drug-likeness (QED) is 0.922. The number of aromatic nitrogens is 1. The van der Waals surface area contributed by atoms with E-state index >= 15 is 0 Å². The van der Waals surface area contributed by atoms with Crippen LogP contribution in [0.2, 0.25) is 5.02 Å². The Morgan fingerprint density at radius 3 is 3.05 bits per heavy atom. The van der Waals surface area contributed by atoms with E-state index in [4.69, 9.17) is 16.3 Å². The molecule has 0 spiro atoms. The highest BCUT2D eigenvalue weighted by Gasteiger charge is 2.24. The van der Waals surface area contributed by atoms with Crippen LogP contribution in [0, 0.1) is 0 Å². The zero-order chi connectivity index (χ0) is 13.8. The van der Waals surface area contributed by atoms with E-state index in [-0.39, 0.29) is 12.0 Å². The summed E-state index contributed by atoms with van der Waals surface area (Å²) in [6, 6.07) is 1.65. The van der Waals surface area contributed by atoms with Crippen LogP contribution in [0.15, 0.2) is 12.3 Å². The van der Waals surface area contributed by atoms with Crippen LogP contribution in [-0.4, -0.2) is 49.1 Å². The summed E-state index contributed by atoms with van der Waals surface area (Å²) in [5.74, 6) is 0.533. The van der Waals surface area contributed by atoms with Crippen LogP contribution in [0.5, 0.6) is 0 Å². The molecular formula is C13H18ClN3O2. The number of nitrogens with one attached hydrogen (secondary N) is 1. The van der Waals surface area contributed by atoms with Crippen LogP contribution >= 0.6 is 11.6 Å². The van der Waals surface area contributed by atoms with Crippen LogP contribution in [0.25, 0.3) is 0 Å². The normalized spacial score (nSPS) is 19.3. The van der Waals surface area contributed by atoms with Crippen molar-refractivity contribution in [2.24, 2.45) is 0 Å². The Bertz CT molecular complexity index is 467. The summed E-state index contributed by atoms with van der Waals surface area (Å²) in [5.41, 5.74) is 0.515. The van der Waals surface area contributed by atoms with Gasteiger partial charge in [0.25, 0.3) is 5.91 Å². The van der Waals surface area contributed by atoms with Crippen molar-refractivity contribution >= 4 is 23.3 Å². The summed E-state index contributed by atoms with van der Waals surface area (Å²) in [6.07, 6.45) is 3.63. The summed E-state index contributed by atoms with van der Waals surface area (Å²) in [6.45, 7) is 1.38. The lowest BCUT2D eigenvalue weighted by atomic mass is 10.1. The Morgan fingerprint density at radius 1 is 1.63 bits per heavy atom. The van der Waals surface area contributed by atoms with E-state index in [1.165, 1.54) is 0 Å². The van der Waals surface area contributed by atoms with Gasteiger partial charge in [0, 0.05) is 33.4 Å². The molecule has 2 heterocycles. The molecule has 1 N–H and O–H groups in total. The van der Waals surface area contributed by atoms with E-state index in [2.05, 4.69) is 10.3 Å². The minimum Gasteiger partial charge on any atom is -0.380 e. The number of rotatable bonds is 3. The Morgan fingerprint density at radius 2 is 2.42 bits per heavy atom. The SMILES string of the molecule is CNc1ncc(C(=O)N2CCCC(OC)C2)cc1Cl. The monoisotopic (exact) mass is 283 g/mol. The van der Waals surface area contributed by atoms with Gasteiger partial charge in [0.05, 0.1) is 16.7 Å². The Kier molecular flexibility index (Phi) is 4.61. The second-order valence-electron chi connectivity index (χ2n) is 4.56. The lowest BCUT2D eigenvalue weighted by Crippen LogP contribution is -2.42. The molecule has 0 aliphatic carbocycles. The Balaban J connectivity index is 2.12. The molecule has 6 heteroatoms. The highest BCUT2D eigenvalue weighted by Crippen LogP contribution is 2.21. The van der Waals surface area contributed by atoms with Gasteiger partial charge in [0.2, 0.25) is 0 Å². The first-order valence-electron chi connectivity index (χ1n) is 6.31. The number of hydrogen-bond donors (Lipinski definition) is 1. The standard InChI is InChI=1S/C13H18ClN3O2/c1-15-12-11(14)6-9(7-16-12)13(18)17-5-3-4-10(8-17)19-2/h6-7,10H,3-5,8H2,1-2H3,(H,15,16). The Hall–Kier alpha value is -1.33. The van der Waals surface area contributed by atoms with Crippen molar-refractivity contribution in [1.29, 1.82) is 0 Å². The average molecular weight is 284 g/mol. The summed E-state index contributed by atoms with van der Waals surface area (Å²) in [4.78, 5) is 18.3. The van der Waals surface area contributed by atoms with Crippen molar-refractivity contribution in [3.63, 3.8) is 0 Å². The molecule has 0 bridgehead atoms. The van der Waals surface area contributed by atoms with Crippen LogP contribution in [0.4, 0.5) is 5.82 Å². The third-order valence-corrected chi connectivity index (χ3v) is 3.61. The molecule has 0 saturated carbocycles. The molecule has 1 fully saturated rings. The van der Waals surface area contributed by atoms with Gasteiger partial charge >= 0.3 is 0 Å². The molecule has 1 unspecified atom stereocenters. The lowest BCUT2D eigenvalue weighted by Gasteiger charge is -2.32. The van der Waals surface area contributed by atoms with Crippen LogP contribution in [-0.2, 0) is 4.74 Å². The van der Waals surface area contributed by atoms with Gasteiger partial charge in [-0.2, -0.15) is 0 Å². The van der Waals surface area contributed by atoms with Crippen molar-refractivity contribution in [3.05, 3.63) is 22.8 Å². The number of carbonyl (C=O) groups excluding carboxylic acids is 1. The number of anilines is 1. The third kappa shape index (κ3) is 3.16. The van der Waals surface area contributed by atoms with Gasteiger partial charge in [0.1, 0.15) is 5.82 Å². The molecule has 5 nitrogen and oxygen atoms in total. The van der Waals surface area contributed by atoms with Gasteiger partial charge in [-0.3, -0.25) is 4.79 Å². The second-order valence-corrected chi connectivity index (χ2v) is 4.96. The van der Waals surface area contributed by atoms with Gasteiger partial charge in [0.15, 0.2) is 0 Å². The summed E-state index contributed by atoms with van der Waals surface area (Å²) < 4.78 is 5.32. The highest BCUT2D eigenvalue weighted by molar-refractivity contribution is 6.33. The predicted octanol–water partition coefficient (Wildman–Crippen LogP) is 2.03. The molecule has 19 heavy (non-hydrogen) atoms. The van der Waals surface area contributed by atoms with Crippen molar-refractivity contribution in [1.82, 2.24) is 9.88 Å². The number of methoxy groups -OCH3 is 1. The molecule has 1 aliphatic heterocycles. The zero-order valence-electron chi connectivity index (χ0n) is 11.1. The first-order chi connectivity index (χ1) is 9.15. The summed E-state index contributed by atoms with van der Waals surface area (Å²) >= 11 is 6.05. The minimum atomic E-state index is -0.0428. The maximum absolute atomic E-state index is 12.4. The molecule has 1 aromatic heterocycles. The number of amides is 1. The van der Waals surface area contributed by atoms with Gasteiger partial charge in [-0.05, 0) is 18.9 Å². The molecule has 1 saturated heterocycles. The van der Waals surface area contributed by atoms with E-state index in [1.54, 1.807) is 31.3 Å². The summed E-state index contributed by atoms with van der Waals surface area (Å²) in [7, 11) is 3.42. The molecule has 2 rings (SSSR count). The van der Waals surface area contributed by atoms with Crippen molar-refractivity contribution < 1.29 is 9.53 Å². The number of carbonyl (C=O) groups is 1. The predicted molar refractivity (Wildman–Crippen MR) is 74.7 cm³/mol. The van der Waals surface area contributed by atoms with Gasteiger partial charge in [-0.1, -0.05) is 11.6 Å². The first kappa shape index (κ1) is 14.1. The molecule has 0 aromatic carbocycles. The van der Waals surface area contributed by atoms with E-state index < -0.39 is 0 Å². The smallest absolute Gasteiger partial charge is 0.255 e. The number of hydrogen-bond acceptors (Lipinski definition) is 4. The van der Waals surface area contributed by atoms with Crippen molar-refractivity contribution in [2.75, 3.05) is 32.6 Å². The van der Waals surface area contributed by atoms with E-state index in [9.17, 15) is 4.79 Å². The third-order valence-electron chi connectivity index (χ3n) is 3.32. The van der Waals surface area contributed by atoms with Crippen molar-refractivity contribution in [2.45, 2.75) is 18.9 Å². The molecule has 1 atom stereocenters. The average Bonchev–Trinajstić information content (AvgIpc) is 2.46. The fourth-order valence-electron chi connectivity index (χ4n) is 2.24. The topological polar surface area (TPSA) is 54.5 Å². The molecule has 1 aliphatic rings. The molecule has 1 aromatic rings. The number of nitrogens with zero attached hydrogens (tertiary/aromatic N) is 2. The van der Waals surface area contributed by atoms with Crippen LogP contribution < -0.4 is 5.32 Å². The fourth-order valence-corrected chi connectivity index (χ4v) is 2.50. The van der Waals surface area contributed by atoms with Gasteiger partial charge < -0.3 is 15.0 Å². The van der Waals surface area contributed by atoms with Gasteiger partial charge in [-0.25, -0.2) is 4.98 Å². The minimum absolute atomic E-state index is 0.0428. The van der Waals surface area contributed by atoms with E-state index in [0.717, 1.165) is 19.4 Å². The maximum atomic E-state index is 12.4. The van der Waals surface area contributed by atoms with Gasteiger partial charge in [-0.15, -0.1) is 0 Å². The number of pyridine rings is 1. The van der Waals surface area contributed by atoms with Crippen molar-refractivity contribution in [3.8, 4) is 0 Å². The number of likely N-dealkylation sites (tertiary alicyclic amines) is 1. The lowest BCUT2D eigenvalue weighted by molar-refractivity contribution is 0.0268. The molecule has 0 radical (unpaired) electrons.